The van der Waals surface area contributed by atoms with Crippen molar-refractivity contribution in [3.05, 3.63) is 47.5 Å². The van der Waals surface area contributed by atoms with Crippen LogP contribution in [0.15, 0.2) is 30.9 Å². The molecule has 0 bridgehead atoms. The van der Waals surface area contributed by atoms with Crippen molar-refractivity contribution in [3.8, 4) is 17.3 Å². The lowest BCUT2D eigenvalue weighted by molar-refractivity contribution is 0.627. The summed E-state index contributed by atoms with van der Waals surface area (Å²) in [7, 11) is 0. The molecule has 0 saturated carbocycles. The Hall–Kier alpha value is -2.41. The van der Waals surface area contributed by atoms with Crippen molar-refractivity contribution in [2.24, 2.45) is 0 Å². The van der Waals surface area contributed by atoms with Gasteiger partial charge in [-0.05, 0) is 42.3 Å². The van der Waals surface area contributed by atoms with Crippen molar-refractivity contribution < 1.29 is 4.39 Å². The zero-order chi connectivity index (χ0) is 14.1. The fourth-order valence-electron chi connectivity index (χ4n) is 1.75. The smallest absolute Gasteiger partial charge is 0.223 e. The minimum Gasteiger partial charge on any atom is -0.223 e. The van der Waals surface area contributed by atoms with Crippen LogP contribution < -0.4 is 0 Å². The number of halogens is 2. The van der Waals surface area contributed by atoms with Gasteiger partial charge in [0.2, 0.25) is 5.28 Å². The number of nitrogens with zero attached hydrogens (tertiary/aromatic N) is 6. The molecule has 0 fully saturated rings. The predicted molar refractivity (Wildman–Crippen MR) is 69.9 cm³/mol. The molecule has 2 heterocycles. The Labute approximate surface area is 118 Å². The van der Waals surface area contributed by atoms with E-state index in [9.17, 15) is 4.39 Å². The van der Waals surface area contributed by atoms with Gasteiger partial charge in [-0.3, -0.25) is 0 Å². The molecule has 0 unspecified atom stereocenters. The fourth-order valence-corrected chi connectivity index (χ4v) is 1.90. The third-order valence-electron chi connectivity index (χ3n) is 2.52. The van der Waals surface area contributed by atoms with Crippen LogP contribution in [0.4, 0.5) is 4.39 Å². The highest BCUT2D eigenvalue weighted by Crippen LogP contribution is 2.20. The minimum absolute atomic E-state index is 0.00224. The topological polar surface area (TPSA) is 69.4 Å². The molecule has 0 aliphatic rings. The molecule has 0 aliphatic carbocycles. The summed E-state index contributed by atoms with van der Waals surface area (Å²) >= 11 is 5.88. The molecule has 0 aliphatic heterocycles. The van der Waals surface area contributed by atoms with Crippen LogP contribution in [0.2, 0.25) is 5.28 Å². The zero-order valence-corrected chi connectivity index (χ0v) is 11.1. The molecule has 6 nitrogen and oxygen atoms in total. The average molecular weight is 291 g/mol. The minimum atomic E-state index is -0.362. The largest absolute Gasteiger partial charge is 0.256 e. The Bertz CT molecular complexity index is 738. The number of hydrogen-bond acceptors (Lipinski definition) is 5. The standard InChI is InChI=1S/C12H8ClFN6/c1-7-2-8(4-9(14)3-7)10-17-11(13)19-12(18-10)20-6-15-5-16-20/h2-6H,1H3. The molecule has 0 N–H and O–H groups in total. The van der Waals surface area contributed by atoms with E-state index in [-0.39, 0.29) is 22.9 Å². The van der Waals surface area contributed by atoms with Gasteiger partial charge in [0.15, 0.2) is 5.82 Å². The quantitative estimate of drug-likeness (QED) is 0.724. The van der Waals surface area contributed by atoms with E-state index in [1.54, 1.807) is 13.0 Å². The van der Waals surface area contributed by atoms with E-state index in [1.165, 1.54) is 29.5 Å². The summed E-state index contributed by atoms with van der Waals surface area (Å²) in [5.74, 6) is 0.136. The molecule has 0 spiro atoms. The highest BCUT2D eigenvalue weighted by Gasteiger charge is 2.10. The normalized spacial score (nSPS) is 10.8. The Morgan fingerprint density at radius 3 is 2.70 bits per heavy atom. The molecule has 100 valence electrons. The van der Waals surface area contributed by atoms with Gasteiger partial charge >= 0.3 is 0 Å². The molecule has 20 heavy (non-hydrogen) atoms. The molecule has 8 heteroatoms. The molecule has 0 radical (unpaired) electrons. The number of hydrogen-bond donors (Lipinski definition) is 0. The summed E-state index contributed by atoms with van der Waals surface area (Å²) in [4.78, 5) is 16.0. The van der Waals surface area contributed by atoms with Gasteiger partial charge in [0.05, 0.1) is 0 Å². The van der Waals surface area contributed by atoms with Crippen LogP contribution in [-0.4, -0.2) is 29.7 Å². The lowest BCUT2D eigenvalue weighted by Crippen LogP contribution is -2.05. The Morgan fingerprint density at radius 1 is 1.15 bits per heavy atom. The summed E-state index contributed by atoms with van der Waals surface area (Å²) in [5, 5.41) is 3.92. The summed E-state index contributed by atoms with van der Waals surface area (Å²) in [6.07, 6.45) is 2.79. The average Bonchev–Trinajstić information content (AvgIpc) is 2.90. The summed E-state index contributed by atoms with van der Waals surface area (Å²) < 4.78 is 14.8. The van der Waals surface area contributed by atoms with E-state index >= 15 is 0 Å². The van der Waals surface area contributed by atoms with Crippen LogP contribution in [0.3, 0.4) is 0 Å². The van der Waals surface area contributed by atoms with Crippen LogP contribution in [0.1, 0.15) is 5.56 Å². The van der Waals surface area contributed by atoms with Gasteiger partial charge in [-0.25, -0.2) is 9.37 Å². The van der Waals surface area contributed by atoms with Crippen molar-refractivity contribution in [2.45, 2.75) is 6.92 Å². The van der Waals surface area contributed by atoms with Crippen molar-refractivity contribution in [1.29, 1.82) is 0 Å². The Morgan fingerprint density at radius 2 is 2.00 bits per heavy atom. The van der Waals surface area contributed by atoms with Crippen LogP contribution in [0, 0.1) is 12.7 Å². The van der Waals surface area contributed by atoms with Crippen molar-refractivity contribution in [3.63, 3.8) is 0 Å². The molecular formula is C12H8ClFN6. The molecule has 3 aromatic rings. The predicted octanol–water partition coefficient (Wildman–Crippen LogP) is 2.22. The highest BCUT2D eigenvalue weighted by atomic mass is 35.5. The van der Waals surface area contributed by atoms with Gasteiger partial charge in [0.1, 0.15) is 18.5 Å². The molecule has 0 saturated heterocycles. The second-order valence-electron chi connectivity index (χ2n) is 4.09. The Kier molecular flexibility index (Phi) is 3.11. The first-order valence-electron chi connectivity index (χ1n) is 5.66. The SMILES string of the molecule is Cc1cc(F)cc(-c2nc(Cl)nc(-n3cncn3)n2)c1. The first kappa shape index (κ1) is 12.6. The maximum Gasteiger partial charge on any atom is 0.256 e. The van der Waals surface area contributed by atoms with Crippen LogP contribution >= 0.6 is 11.6 Å². The first-order valence-corrected chi connectivity index (χ1v) is 6.04. The van der Waals surface area contributed by atoms with Crippen molar-refractivity contribution in [2.75, 3.05) is 0 Å². The van der Waals surface area contributed by atoms with Crippen LogP contribution in [-0.2, 0) is 0 Å². The number of aryl methyl sites for hydroxylation is 1. The van der Waals surface area contributed by atoms with Gasteiger partial charge in [0.25, 0.3) is 5.95 Å². The number of benzene rings is 1. The van der Waals surface area contributed by atoms with E-state index in [0.29, 0.717) is 5.56 Å². The fraction of sp³-hybridized carbons (Fsp3) is 0.0833. The first-order chi connectivity index (χ1) is 9.61. The highest BCUT2D eigenvalue weighted by molar-refractivity contribution is 6.28. The molecule has 3 rings (SSSR count). The van der Waals surface area contributed by atoms with Gasteiger partial charge in [-0.1, -0.05) is 0 Å². The number of aromatic nitrogens is 6. The monoisotopic (exact) mass is 290 g/mol. The second kappa shape index (κ2) is 4.93. The van der Waals surface area contributed by atoms with Gasteiger partial charge < -0.3 is 0 Å². The molecule has 2 aromatic heterocycles. The van der Waals surface area contributed by atoms with Crippen molar-refractivity contribution in [1.82, 2.24) is 29.7 Å². The van der Waals surface area contributed by atoms with Crippen LogP contribution in [0.25, 0.3) is 17.3 Å². The second-order valence-corrected chi connectivity index (χ2v) is 4.42. The zero-order valence-electron chi connectivity index (χ0n) is 10.3. The maximum absolute atomic E-state index is 13.5. The lowest BCUT2D eigenvalue weighted by Gasteiger charge is -2.05. The van der Waals surface area contributed by atoms with E-state index in [1.807, 2.05) is 0 Å². The van der Waals surface area contributed by atoms with Crippen molar-refractivity contribution >= 4 is 11.6 Å². The molecule has 0 amide bonds. The molecule has 1 aromatic carbocycles. The molecule has 0 atom stereocenters. The van der Waals surface area contributed by atoms with E-state index in [2.05, 4.69) is 25.0 Å². The summed E-state index contributed by atoms with van der Waals surface area (Å²) in [6, 6.07) is 4.52. The summed E-state index contributed by atoms with van der Waals surface area (Å²) in [5.41, 5.74) is 1.28. The maximum atomic E-state index is 13.5. The van der Waals surface area contributed by atoms with E-state index in [0.717, 1.165) is 5.56 Å². The summed E-state index contributed by atoms with van der Waals surface area (Å²) in [6.45, 7) is 1.79. The number of rotatable bonds is 2. The third kappa shape index (κ3) is 2.48. The van der Waals surface area contributed by atoms with Gasteiger partial charge in [0, 0.05) is 5.56 Å². The van der Waals surface area contributed by atoms with Crippen LogP contribution in [0.5, 0.6) is 0 Å². The van der Waals surface area contributed by atoms with E-state index < -0.39 is 0 Å². The van der Waals surface area contributed by atoms with Gasteiger partial charge in [-0.2, -0.15) is 24.7 Å². The van der Waals surface area contributed by atoms with Gasteiger partial charge in [-0.15, -0.1) is 0 Å². The Balaban J connectivity index is 2.14. The molecular weight excluding hydrogens is 283 g/mol. The third-order valence-corrected chi connectivity index (χ3v) is 2.69. The lowest BCUT2D eigenvalue weighted by atomic mass is 10.1. The van der Waals surface area contributed by atoms with E-state index in [4.69, 9.17) is 11.6 Å².